The minimum absolute atomic E-state index is 0.0154. The summed E-state index contributed by atoms with van der Waals surface area (Å²) in [6.07, 6.45) is 0.975. The third-order valence-corrected chi connectivity index (χ3v) is 3.14. The van der Waals surface area contributed by atoms with E-state index < -0.39 is 17.9 Å². The first kappa shape index (κ1) is 15.8. The van der Waals surface area contributed by atoms with Gasteiger partial charge in [-0.25, -0.2) is 9.18 Å². The summed E-state index contributed by atoms with van der Waals surface area (Å²) in [6.45, 7) is 1.83. The molecule has 0 fully saturated rings. The molecule has 22 heavy (non-hydrogen) atoms. The SMILES string of the molecule is CCCC(NC(=O)c1ccc(-c2ccc(F)cc2)o1)C(=O)O. The van der Waals surface area contributed by atoms with Crippen LogP contribution >= 0.6 is 0 Å². The molecule has 1 amide bonds. The fourth-order valence-corrected chi connectivity index (χ4v) is 2.00. The number of carboxylic acids is 1. The number of nitrogens with one attached hydrogen (secondary N) is 1. The van der Waals surface area contributed by atoms with E-state index in [9.17, 15) is 14.0 Å². The van der Waals surface area contributed by atoms with Crippen molar-refractivity contribution in [1.29, 1.82) is 0 Å². The van der Waals surface area contributed by atoms with Gasteiger partial charge in [0.25, 0.3) is 5.91 Å². The zero-order valence-corrected chi connectivity index (χ0v) is 12.0. The summed E-state index contributed by atoms with van der Waals surface area (Å²) in [6, 6.07) is 7.74. The van der Waals surface area contributed by atoms with Gasteiger partial charge in [0.2, 0.25) is 0 Å². The molecule has 1 atom stereocenters. The van der Waals surface area contributed by atoms with Crippen molar-refractivity contribution in [3.05, 3.63) is 48.0 Å². The highest BCUT2D eigenvalue weighted by Crippen LogP contribution is 2.22. The van der Waals surface area contributed by atoms with Crippen molar-refractivity contribution in [3.63, 3.8) is 0 Å². The molecule has 0 bridgehead atoms. The van der Waals surface area contributed by atoms with Crippen LogP contribution in [0.3, 0.4) is 0 Å². The van der Waals surface area contributed by atoms with Crippen LogP contribution in [-0.4, -0.2) is 23.0 Å². The molecule has 2 rings (SSSR count). The number of aliphatic carboxylic acids is 1. The van der Waals surface area contributed by atoms with E-state index in [4.69, 9.17) is 9.52 Å². The van der Waals surface area contributed by atoms with Gasteiger partial charge in [-0.2, -0.15) is 0 Å². The average molecular weight is 305 g/mol. The number of amides is 1. The van der Waals surface area contributed by atoms with Crippen molar-refractivity contribution in [2.45, 2.75) is 25.8 Å². The van der Waals surface area contributed by atoms with Crippen LogP contribution < -0.4 is 5.32 Å². The van der Waals surface area contributed by atoms with Crippen LogP contribution in [0.4, 0.5) is 4.39 Å². The van der Waals surface area contributed by atoms with Crippen molar-refractivity contribution in [2.75, 3.05) is 0 Å². The second-order valence-corrected chi connectivity index (χ2v) is 4.82. The lowest BCUT2D eigenvalue weighted by molar-refractivity contribution is -0.139. The maximum atomic E-state index is 12.9. The largest absolute Gasteiger partial charge is 0.480 e. The van der Waals surface area contributed by atoms with E-state index >= 15 is 0 Å². The number of hydrogen-bond acceptors (Lipinski definition) is 3. The molecule has 1 unspecified atom stereocenters. The monoisotopic (exact) mass is 305 g/mol. The first-order valence-corrected chi connectivity index (χ1v) is 6.90. The first-order chi connectivity index (χ1) is 10.5. The van der Waals surface area contributed by atoms with Crippen molar-refractivity contribution < 1.29 is 23.5 Å². The lowest BCUT2D eigenvalue weighted by Gasteiger charge is -2.12. The minimum atomic E-state index is -1.08. The number of rotatable bonds is 6. The third-order valence-electron chi connectivity index (χ3n) is 3.14. The quantitative estimate of drug-likeness (QED) is 0.859. The molecule has 5 nitrogen and oxygen atoms in total. The maximum Gasteiger partial charge on any atom is 0.326 e. The number of carbonyl (C=O) groups is 2. The predicted octanol–water partition coefficient (Wildman–Crippen LogP) is 3.07. The number of furan rings is 1. The van der Waals surface area contributed by atoms with E-state index in [0.29, 0.717) is 24.2 Å². The molecule has 0 radical (unpaired) electrons. The maximum absolute atomic E-state index is 12.9. The summed E-state index contributed by atoms with van der Waals surface area (Å²) in [4.78, 5) is 23.0. The Morgan fingerprint density at radius 3 is 2.50 bits per heavy atom. The van der Waals surface area contributed by atoms with Crippen LogP contribution in [-0.2, 0) is 4.79 Å². The van der Waals surface area contributed by atoms with Gasteiger partial charge < -0.3 is 14.8 Å². The fourth-order valence-electron chi connectivity index (χ4n) is 2.00. The summed E-state index contributed by atoms with van der Waals surface area (Å²) in [5.74, 6) is -1.61. The zero-order valence-electron chi connectivity index (χ0n) is 12.0. The molecule has 0 aliphatic heterocycles. The minimum Gasteiger partial charge on any atom is -0.480 e. The Balaban J connectivity index is 2.11. The van der Waals surface area contributed by atoms with Crippen LogP contribution in [0.25, 0.3) is 11.3 Å². The standard InChI is InChI=1S/C16H16FNO4/c1-2-3-12(16(20)21)18-15(19)14-9-8-13(22-14)10-4-6-11(17)7-5-10/h4-9,12H,2-3H2,1H3,(H,18,19)(H,20,21). The Morgan fingerprint density at radius 1 is 1.23 bits per heavy atom. The van der Waals surface area contributed by atoms with Gasteiger partial charge in [-0.3, -0.25) is 4.79 Å². The number of hydrogen-bond donors (Lipinski definition) is 2. The van der Waals surface area contributed by atoms with Crippen LogP contribution in [0.15, 0.2) is 40.8 Å². The number of benzene rings is 1. The highest BCUT2D eigenvalue weighted by Gasteiger charge is 2.21. The number of carboxylic acid groups (broad SMARTS) is 1. The highest BCUT2D eigenvalue weighted by atomic mass is 19.1. The van der Waals surface area contributed by atoms with Crippen LogP contribution in [0.2, 0.25) is 0 Å². The van der Waals surface area contributed by atoms with Gasteiger partial charge in [-0.1, -0.05) is 13.3 Å². The van der Waals surface area contributed by atoms with Crippen LogP contribution in [0.1, 0.15) is 30.3 Å². The fraction of sp³-hybridized carbons (Fsp3) is 0.250. The summed E-state index contributed by atoms with van der Waals surface area (Å²) in [5, 5.41) is 11.4. The van der Waals surface area contributed by atoms with Gasteiger partial charge in [0, 0.05) is 5.56 Å². The van der Waals surface area contributed by atoms with E-state index in [-0.39, 0.29) is 11.6 Å². The van der Waals surface area contributed by atoms with E-state index in [0.717, 1.165) is 0 Å². The Bertz CT molecular complexity index is 663. The highest BCUT2D eigenvalue weighted by molar-refractivity contribution is 5.94. The Morgan fingerprint density at radius 2 is 1.91 bits per heavy atom. The van der Waals surface area contributed by atoms with Crippen LogP contribution in [0, 0.1) is 5.82 Å². The van der Waals surface area contributed by atoms with Crippen molar-refractivity contribution >= 4 is 11.9 Å². The molecular formula is C16H16FNO4. The zero-order chi connectivity index (χ0) is 16.1. The predicted molar refractivity (Wildman–Crippen MR) is 77.9 cm³/mol. The molecule has 6 heteroatoms. The molecule has 2 N–H and O–H groups in total. The summed E-state index contributed by atoms with van der Waals surface area (Å²) >= 11 is 0. The molecule has 0 spiro atoms. The Kier molecular flexibility index (Phi) is 4.93. The molecule has 1 heterocycles. The van der Waals surface area contributed by atoms with Crippen LogP contribution in [0.5, 0.6) is 0 Å². The smallest absolute Gasteiger partial charge is 0.326 e. The van der Waals surface area contributed by atoms with E-state index in [2.05, 4.69) is 5.32 Å². The second-order valence-electron chi connectivity index (χ2n) is 4.82. The van der Waals surface area contributed by atoms with Gasteiger partial charge in [0.05, 0.1) is 0 Å². The normalized spacial score (nSPS) is 11.9. The van der Waals surface area contributed by atoms with Gasteiger partial charge in [-0.15, -0.1) is 0 Å². The topological polar surface area (TPSA) is 79.5 Å². The summed E-state index contributed by atoms with van der Waals surface area (Å²) in [5.41, 5.74) is 0.629. The molecule has 2 aromatic rings. The van der Waals surface area contributed by atoms with Gasteiger partial charge in [0.1, 0.15) is 17.6 Å². The molecule has 1 aromatic carbocycles. The van der Waals surface area contributed by atoms with Crippen molar-refractivity contribution in [1.82, 2.24) is 5.32 Å². The molecule has 0 saturated heterocycles. The lowest BCUT2D eigenvalue weighted by Crippen LogP contribution is -2.40. The first-order valence-electron chi connectivity index (χ1n) is 6.90. The summed E-state index contributed by atoms with van der Waals surface area (Å²) in [7, 11) is 0. The molecule has 116 valence electrons. The lowest BCUT2D eigenvalue weighted by atomic mass is 10.1. The van der Waals surface area contributed by atoms with E-state index in [1.54, 1.807) is 6.07 Å². The Hall–Kier alpha value is -2.63. The van der Waals surface area contributed by atoms with E-state index in [1.807, 2.05) is 6.92 Å². The van der Waals surface area contributed by atoms with Crippen molar-refractivity contribution in [3.8, 4) is 11.3 Å². The van der Waals surface area contributed by atoms with E-state index in [1.165, 1.54) is 30.3 Å². The molecule has 0 saturated carbocycles. The number of carbonyl (C=O) groups excluding carboxylic acids is 1. The molecular weight excluding hydrogens is 289 g/mol. The molecule has 1 aromatic heterocycles. The average Bonchev–Trinajstić information content (AvgIpc) is 2.97. The van der Waals surface area contributed by atoms with Crippen molar-refractivity contribution in [2.24, 2.45) is 0 Å². The summed E-state index contributed by atoms with van der Waals surface area (Å²) < 4.78 is 18.3. The van der Waals surface area contributed by atoms with Gasteiger partial charge in [0.15, 0.2) is 5.76 Å². The van der Waals surface area contributed by atoms with Gasteiger partial charge in [-0.05, 0) is 42.8 Å². The molecule has 0 aliphatic carbocycles. The molecule has 0 aliphatic rings. The number of halogens is 1. The third kappa shape index (κ3) is 3.72. The second kappa shape index (κ2) is 6.89. The Labute approximate surface area is 126 Å². The van der Waals surface area contributed by atoms with Gasteiger partial charge >= 0.3 is 5.97 Å².